The second-order valence-corrected chi connectivity index (χ2v) is 4.85. The second kappa shape index (κ2) is 6.59. The third kappa shape index (κ3) is 4.28. The van der Waals surface area contributed by atoms with Gasteiger partial charge in [0, 0.05) is 11.8 Å². The van der Waals surface area contributed by atoms with Crippen LogP contribution in [0.15, 0.2) is 6.20 Å². The average Bonchev–Trinajstić information content (AvgIpc) is 2.66. The minimum atomic E-state index is -1.03. The van der Waals surface area contributed by atoms with Gasteiger partial charge in [0.15, 0.2) is 5.13 Å². The maximum Gasteiger partial charge on any atom is 0.347 e. The smallest absolute Gasteiger partial charge is 0.347 e. The highest BCUT2D eigenvalue weighted by Gasteiger charge is 2.10. The first-order chi connectivity index (χ1) is 7.63. The number of carboxylic acids is 1. The Hall–Kier alpha value is -0.950. The minimum Gasteiger partial charge on any atom is -0.477 e. The van der Waals surface area contributed by atoms with E-state index < -0.39 is 5.97 Å². The summed E-state index contributed by atoms with van der Waals surface area (Å²) in [6.45, 7) is 0. The van der Waals surface area contributed by atoms with E-state index in [0.717, 1.165) is 29.5 Å². The fraction of sp³-hybridized carbons (Fsp3) is 0.444. The molecular weight excluding hydrogens is 296 g/mol. The van der Waals surface area contributed by atoms with Gasteiger partial charge in [-0.15, -0.1) is 0 Å². The van der Waals surface area contributed by atoms with Crippen molar-refractivity contribution in [3.8, 4) is 0 Å². The molecule has 0 unspecified atom stereocenters. The molecule has 7 heteroatoms. The molecule has 0 spiro atoms. The van der Waals surface area contributed by atoms with Crippen LogP contribution in [0.1, 0.15) is 28.9 Å². The Morgan fingerprint density at radius 1 is 1.50 bits per heavy atom. The Morgan fingerprint density at radius 2 is 2.25 bits per heavy atom. The van der Waals surface area contributed by atoms with Crippen LogP contribution >= 0.6 is 27.3 Å². The van der Waals surface area contributed by atoms with Crippen molar-refractivity contribution >= 4 is 44.3 Å². The van der Waals surface area contributed by atoms with Gasteiger partial charge in [0.25, 0.3) is 0 Å². The topological polar surface area (TPSA) is 79.3 Å². The number of nitrogens with one attached hydrogen (secondary N) is 1. The van der Waals surface area contributed by atoms with E-state index in [9.17, 15) is 9.59 Å². The highest BCUT2D eigenvalue weighted by molar-refractivity contribution is 9.09. The standard InChI is InChI=1S/C9H11BrN2O3S/c10-4-2-1-3-7(13)12-9-11-5-6(16-9)8(14)15/h5H,1-4H2,(H,14,15)(H,11,12,13). The van der Waals surface area contributed by atoms with Gasteiger partial charge in [-0.3, -0.25) is 4.79 Å². The molecule has 5 nitrogen and oxygen atoms in total. The van der Waals surface area contributed by atoms with Crippen molar-refractivity contribution in [2.45, 2.75) is 19.3 Å². The zero-order chi connectivity index (χ0) is 12.0. The number of amides is 1. The van der Waals surface area contributed by atoms with Crippen LogP contribution in [-0.2, 0) is 4.79 Å². The molecule has 0 radical (unpaired) electrons. The number of rotatable bonds is 6. The van der Waals surface area contributed by atoms with E-state index >= 15 is 0 Å². The summed E-state index contributed by atoms with van der Waals surface area (Å²) in [6, 6.07) is 0. The van der Waals surface area contributed by atoms with Crippen molar-refractivity contribution in [3.63, 3.8) is 0 Å². The van der Waals surface area contributed by atoms with Gasteiger partial charge in [0.05, 0.1) is 6.20 Å². The lowest BCUT2D eigenvalue weighted by atomic mass is 10.2. The Labute approximate surface area is 105 Å². The summed E-state index contributed by atoms with van der Waals surface area (Å²) in [5.74, 6) is -1.16. The molecule has 1 amide bonds. The third-order valence-corrected chi connectivity index (χ3v) is 3.21. The summed E-state index contributed by atoms with van der Waals surface area (Å²) in [5, 5.41) is 12.4. The van der Waals surface area contributed by atoms with Crippen LogP contribution < -0.4 is 5.32 Å². The lowest BCUT2D eigenvalue weighted by molar-refractivity contribution is -0.116. The van der Waals surface area contributed by atoms with Gasteiger partial charge >= 0.3 is 5.97 Å². The van der Waals surface area contributed by atoms with E-state index in [4.69, 9.17) is 5.11 Å². The van der Waals surface area contributed by atoms with Crippen LogP contribution in [0.5, 0.6) is 0 Å². The molecule has 0 aliphatic carbocycles. The van der Waals surface area contributed by atoms with E-state index in [2.05, 4.69) is 26.2 Å². The number of aromatic nitrogens is 1. The van der Waals surface area contributed by atoms with Gasteiger partial charge in [-0.25, -0.2) is 9.78 Å². The molecule has 0 aliphatic rings. The third-order valence-electron chi connectivity index (χ3n) is 1.75. The quantitative estimate of drug-likeness (QED) is 0.624. The summed E-state index contributed by atoms with van der Waals surface area (Å²) < 4.78 is 0. The molecule has 16 heavy (non-hydrogen) atoms. The summed E-state index contributed by atoms with van der Waals surface area (Å²) in [4.78, 5) is 25.8. The number of carboxylic acid groups (broad SMARTS) is 1. The first-order valence-electron chi connectivity index (χ1n) is 4.68. The van der Waals surface area contributed by atoms with Gasteiger partial charge < -0.3 is 10.4 Å². The number of hydrogen-bond donors (Lipinski definition) is 2. The van der Waals surface area contributed by atoms with Crippen LogP contribution in [0.4, 0.5) is 5.13 Å². The highest BCUT2D eigenvalue weighted by Crippen LogP contribution is 2.18. The van der Waals surface area contributed by atoms with Crippen LogP contribution in [0.2, 0.25) is 0 Å². The van der Waals surface area contributed by atoms with E-state index in [0.29, 0.717) is 11.6 Å². The fourth-order valence-electron chi connectivity index (χ4n) is 0.993. The number of hydrogen-bond acceptors (Lipinski definition) is 4. The van der Waals surface area contributed by atoms with Crippen molar-refractivity contribution in [2.24, 2.45) is 0 Å². The molecule has 0 aliphatic heterocycles. The number of aromatic carboxylic acids is 1. The van der Waals surface area contributed by atoms with E-state index in [1.54, 1.807) is 0 Å². The lowest BCUT2D eigenvalue weighted by Gasteiger charge is -1.99. The summed E-state index contributed by atoms with van der Waals surface area (Å²) in [5.41, 5.74) is 0. The van der Waals surface area contributed by atoms with Gasteiger partial charge in [0.2, 0.25) is 5.91 Å². The molecule has 0 fully saturated rings. The maximum atomic E-state index is 11.4. The number of unbranched alkanes of at least 4 members (excludes halogenated alkanes) is 1. The molecule has 0 aromatic carbocycles. The number of anilines is 1. The first-order valence-corrected chi connectivity index (χ1v) is 6.62. The van der Waals surface area contributed by atoms with Gasteiger partial charge in [-0.1, -0.05) is 27.3 Å². The highest BCUT2D eigenvalue weighted by atomic mass is 79.9. The molecule has 0 saturated heterocycles. The van der Waals surface area contributed by atoms with Gasteiger partial charge in [-0.05, 0) is 12.8 Å². The Bertz CT molecular complexity index is 381. The zero-order valence-corrected chi connectivity index (χ0v) is 10.8. The minimum absolute atomic E-state index is 0.121. The van der Waals surface area contributed by atoms with Crippen molar-refractivity contribution in [1.82, 2.24) is 4.98 Å². The number of halogens is 1. The van der Waals surface area contributed by atoms with Crippen molar-refractivity contribution < 1.29 is 14.7 Å². The number of thiazole rings is 1. The number of carbonyl (C=O) groups excluding carboxylic acids is 1. The molecule has 1 rings (SSSR count). The molecule has 1 aromatic rings. The van der Waals surface area contributed by atoms with Crippen LogP contribution in [0.25, 0.3) is 0 Å². The Kier molecular flexibility index (Phi) is 5.41. The average molecular weight is 307 g/mol. The lowest BCUT2D eigenvalue weighted by Crippen LogP contribution is -2.10. The Balaban J connectivity index is 2.40. The monoisotopic (exact) mass is 306 g/mol. The van der Waals surface area contributed by atoms with Gasteiger partial charge in [0.1, 0.15) is 4.88 Å². The van der Waals surface area contributed by atoms with Crippen LogP contribution in [0.3, 0.4) is 0 Å². The number of alkyl halides is 1. The zero-order valence-electron chi connectivity index (χ0n) is 8.40. The maximum absolute atomic E-state index is 11.4. The molecule has 88 valence electrons. The van der Waals surface area contributed by atoms with E-state index in [1.165, 1.54) is 6.20 Å². The van der Waals surface area contributed by atoms with Gasteiger partial charge in [-0.2, -0.15) is 0 Å². The normalized spacial score (nSPS) is 10.1. The fourth-order valence-corrected chi connectivity index (χ4v) is 2.06. The summed E-state index contributed by atoms with van der Waals surface area (Å²) in [7, 11) is 0. The van der Waals surface area contributed by atoms with E-state index in [-0.39, 0.29) is 10.8 Å². The molecule has 2 N–H and O–H groups in total. The predicted molar refractivity (Wildman–Crippen MR) is 65.3 cm³/mol. The van der Waals surface area contributed by atoms with E-state index in [1.807, 2.05) is 0 Å². The number of nitrogens with zero attached hydrogens (tertiary/aromatic N) is 1. The molecule has 0 atom stereocenters. The molecule has 1 aromatic heterocycles. The largest absolute Gasteiger partial charge is 0.477 e. The summed E-state index contributed by atoms with van der Waals surface area (Å²) in [6.07, 6.45) is 3.40. The predicted octanol–water partition coefficient (Wildman–Crippen LogP) is 2.34. The second-order valence-electron chi connectivity index (χ2n) is 3.03. The number of carbonyl (C=O) groups is 2. The molecule has 0 saturated carbocycles. The summed E-state index contributed by atoms with van der Waals surface area (Å²) >= 11 is 4.24. The SMILES string of the molecule is O=C(CCCCBr)Nc1ncc(C(=O)O)s1. The molecule has 1 heterocycles. The van der Waals surface area contributed by atoms with Crippen molar-refractivity contribution in [2.75, 3.05) is 10.6 Å². The van der Waals surface area contributed by atoms with Crippen molar-refractivity contribution in [3.05, 3.63) is 11.1 Å². The Morgan fingerprint density at radius 3 is 2.81 bits per heavy atom. The molecular formula is C9H11BrN2O3S. The van der Waals surface area contributed by atoms with Crippen molar-refractivity contribution in [1.29, 1.82) is 0 Å². The van der Waals surface area contributed by atoms with Crippen LogP contribution in [0, 0.1) is 0 Å². The molecule has 0 bridgehead atoms. The van der Waals surface area contributed by atoms with Crippen LogP contribution in [-0.4, -0.2) is 27.3 Å². The first kappa shape index (κ1) is 13.1.